The smallest absolute Gasteiger partial charge is 0.255 e. The first-order valence-electron chi connectivity index (χ1n) is 8.65. The predicted octanol–water partition coefficient (Wildman–Crippen LogP) is 3.60. The van der Waals surface area contributed by atoms with E-state index >= 15 is 0 Å². The number of carbonyl (C=O) groups is 1. The molecule has 0 atom stereocenters. The molecular weight excluding hydrogens is 379 g/mol. The molecule has 2 N–H and O–H groups in total. The summed E-state index contributed by atoms with van der Waals surface area (Å²) < 4.78 is 40.5. The molecule has 7 heteroatoms. The van der Waals surface area contributed by atoms with E-state index in [0.29, 0.717) is 12.1 Å². The van der Waals surface area contributed by atoms with Gasteiger partial charge in [0.2, 0.25) is 10.0 Å². The second-order valence-electron chi connectivity index (χ2n) is 6.12. The van der Waals surface area contributed by atoms with Crippen molar-refractivity contribution in [3.05, 3.63) is 95.8 Å². The molecule has 0 radical (unpaired) electrons. The molecule has 0 aliphatic rings. The average Bonchev–Trinajstić information content (AvgIpc) is 2.69. The Balaban J connectivity index is 1.60. The van der Waals surface area contributed by atoms with Crippen LogP contribution >= 0.6 is 0 Å². The van der Waals surface area contributed by atoms with Gasteiger partial charge < -0.3 is 5.32 Å². The normalized spacial score (nSPS) is 11.2. The van der Waals surface area contributed by atoms with Crippen LogP contribution < -0.4 is 10.0 Å². The van der Waals surface area contributed by atoms with Gasteiger partial charge in [0, 0.05) is 17.8 Å². The van der Waals surface area contributed by atoms with E-state index in [4.69, 9.17) is 0 Å². The molecule has 1 amide bonds. The Labute approximate surface area is 163 Å². The molecule has 0 aromatic heterocycles. The Morgan fingerprint density at radius 1 is 0.893 bits per heavy atom. The van der Waals surface area contributed by atoms with Gasteiger partial charge >= 0.3 is 0 Å². The van der Waals surface area contributed by atoms with Crippen LogP contribution in [0, 0.1) is 5.82 Å². The lowest BCUT2D eigenvalue weighted by Gasteiger charge is -2.09. The standard InChI is InChI=1S/C21H19FN2O3S/c22-18-8-4-7-17(15-18)21(25)24-19-9-11-20(12-10-19)28(26,27)23-14-13-16-5-2-1-3-6-16/h1-12,15,23H,13-14H2,(H,24,25). The molecule has 0 unspecified atom stereocenters. The maximum atomic E-state index is 13.2. The molecule has 0 saturated heterocycles. The summed E-state index contributed by atoms with van der Waals surface area (Å²) in [6.07, 6.45) is 0.585. The van der Waals surface area contributed by atoms with Crippen molar-refractivity contribution in [3.8, 4) is 0 Å². The van der Waals surface area contributed by atoms with E-state index in [-0.39, 0.29) is 17.0 Å². The van der Waals surface area contributed by atoms with Gasteiger partial charge in [0.15, 0.2) is 0 Å². The molecule has 0 aliphatic carbocycles. The summed E-state index contributed by atoms with van der Waals surface area (Å²) in [7, 11) is -3.65. The minimum atomic E-state index is -3.65. The van der Waals surface area contributed by atoms with E-state index in [2.05, 4.69) is 10.0 Å². The van der Waals surface area contributed by atoms with Crippen LogP contribution in [0.3, 0.4) is 0 Å². The van der Waals surface area contributed by atoms with Gasteiger partial charge in [-0.1, -0.05) is 36.4 Å². The topological polar surface area (TPSA) is 75.3 Å². The van der Waals surface area contributed by atoms with Crippen molar-refractivity contribution in [3.63, 3.8) is 0 Å². The van der Waals surface area contributed by atoms with Crippen LogP contribution in [0.4, 0.5) is 10.1 Å². The summed E-state index contributed by atoms with van der Waals surface area (Å²) in [6, 6.07) is 20.7. The number of halogens is 1. The summed E-state index contributed by atoms with van der Waals surface area (Å²) in [4.78, 5) is 12.2. The summed E-state index contributed by atoms with van der Waals surface area (Å²) in [5.41, 5.74) is 1.64. The molecule has 3 rings (SSSR count). The molecule has 144 valence electrons. The van der Waals surface area contributed by atoms with Crippen molar-refractivity contribution >= 4 is 21.6 Å². The van der Waals surface area contributed by atoms with Crippen molar-refractivity contribution in [2.75, 3.05) is 11.9 Å². The van der Waals surface area contributed by atoms with Crippen molar-refractivity contribution in [2.24, 2.45) is 0 Å². The maximum Gasteiger partial charge on any atom is 0.255 e. The number of hydrogen-bond acceptors (Lipinski definition) is 3. The number of benzene rings is 3. The first-order chi connectivity index (χ1) is 13.4. The Morgan fingerprint density at radius 2 is 1.61 bits per heavy atom. The van der Waals surface area contributed by atoms with E-state index < -0.39 is 21.7 Å². The Morgan fingerprint density at radius 3 is 2.29 bits per heavy atom. The van der Waals surface area contributed by atoms with E-state index in [1.165, 1.54) is 42.5 Å². The minimum absolute atomic E-state index is 0.101. The summed E-state index contributed by atoms with van der Waals surface area (Å²) >= 11 is 0. The van der Waals surface area contributed by atoms with E-state index in [1.807, 2.05) is 30.3 Å². The highest BCUT2D eigenvalue weighted by molar-refractivity contribution is 7.89. The van der Waals surface area contributed by atoms with Crippen LogP contribution in [-0.4, -0.2) is 20.9 Å². The molecular formula is C21H19FN2O3S. The number of rotatable bonds is 7. The Bertz CT molecular complexity index is 1050. The molecule has 0 heterocycles. The van der Waals surface area contributed by atoms with Crippen molar-refractivity contribution in [1.82, 2.24) is 4.72 Å². The zero-order chi connectivity index (χ0) is 20.0. The summed E-state index contributed by atoms with van der Waals surface area (Å²) in [6.45, 7) is 0.282. The number of sulfonamides is 1. The zero-order valence-corrected chi connectivity index (χ0v) is 15.7. The highest BCUT2D eigenvalue weighted by Gasteiger charge is 2.14. The second kappa shape index (κ2) is 8.77. The van der Waals surface area contributed by atoms with Crippen LogP contribution in [-0.2, 0) is 16.4 Å². The van der Waals surface area contributed by atoms with Gasteiger partial charge in [0.05, 0.1) is 4.90 Å². The van der Waals surface area contributed by atoms with Gasteiger partial charge in [-0.25, -0.2) is 17.5 Å². The number of hydrogen-bond donors (Lipinski definition) is 2. The number of anilines is 1. The molecule has 0 fully saturated rings. The van der Waals surface area contributed by atoms with Crippen LogP contribution in [0.15, 0.2) is 83.8 Å². The third-order valence-corrected chi connectivity index (χ3v) is 5.53. The van der Waals surface area contributed by atoms with Gasteiger partial charge in [-0.3, -0.25) is 4.79 Å². The molecule has 5 nitrogen and oxygen atoms in total. The fourth-order valence-corrected chi connectivity index (χ4v) is 3.64. The van der Waals surface area contributed by atoms with Gasteiger partial charge in [-0.15, -0.1) is 0 Å². The molecule has 0 spiro atoms. The predicted molar refractivity (Wildman–Crippen MR) is 106 cm³/mol. The number of nitrogens with one attached hydrogen (secondary N) is 2. The van der Waals surface area contributed by atoms with Crippen molar-refractivity contribution in [2.45, 2.75) is 11.3 Å². The minimum Gasteiger partial charge on any atom is -0.322 e. The molecule has 0 saturated carbocycles. The lowest BCUT2D eigenvalue weighted by atomic mass is 10.2. The third kappa shape index (κ3) is 5.25. The van der Waals surface area contributed by atoms with Gasteiger partial charge in [-0.2, -0.15) is 0 Å². The fourth-order valence-electron chi connectivity index (χ4n) is 2.61. The van der Waals surface area contributed by atoms with Crippen LogP contribution in [0.2, 0.25) is 0 Å². The van der Waals surface area contributed by atoms with Crippen molar-refractivity contribution in [1.29, 1.82) is 0 Å². The zero-order valence-electron chi connectivity index (χ0n) is 14.9. The molecule has 3 aromatic carbocycles. The second-order valence-corrected chi connectivity index (χ2v) is 7.89. The monoisotopic (exact) mass is 398 g/mol. The first kappa shape index (κ1) is 19.7. The Hall–Kier alpha value is -3.03. The lowest BCUT2D eigenvalue weighted by molar-refractivity contribution is 0.102. The van der Waals surface area contributed by atoms with Crippen LogP contribution in [0.5, 0.6) is 0 Å². The Kier molecular flexibility index (Phi) is 6.18. The van der Waals surface area contributed by atoms with E-state index in [1.54, 1.807) is 0 Å². The molecule has 28 heavy (non-hydrogen) atoms. The van der Waals surface area contributed by atoms with Crippen molar-refractivity contribution < 1.29 is 17.6 Å². The molecule has 0 bridgehead atoms. The fraction of sp³-hybridized carbons (Fsp3) is 0.0952. The number of amides is 1. The largest absolute Gasteiger partial charge is 0.322 e. The maximum absolute atomic E-state index is 13.2. The van der Waals surface area contributed by atoms with E-state index in [9.17, 15) is 17.6 Å². The highest BCUT2D eigenvalue weighted by atomic mass is 32.2. The van der Waals surface area contributed by atoms with Crippen LogP contribution in [0.1, 0.15) is 15.9 Å². The summed E-state index contributed by atoms with van der Waals surface area (Å²) in [5, 5.41) is 2.61. The molecule has 0 aliphatic heterocycles. The first-order valence-corrected chi connectivity index (χ1v) is 10.1. The third-order valence-electron chi connectivity index (χ3n) is 4.06. The number of carbonyl (C=O) groups excluding carboxylic acids is 1. The van der Waals surface area contributed by atoms with E-state index in [0.717, 1.165) is 11.6 Å². The lowest BCUT2D eigenvalue weighted by Crippen LogP contribution is -2.26. The highest BCUT2D eigenvalue weighted by Crippen LogP contribution is 2.15. The van der Waals surface area contributed by atoms with Gasteiger partial charge in [0.25, 0.3) is 5.91 Å². The van der Waals surface area contributed by atoms with Crippen LogP contribution in [0.25, 0.3) is 0 Å². The SMILES string of the molecule is O=C(Nc1ccc(S(=O)(=O)NCCc2ccccc2)cc1)c1cccc(F)c1. The van der Waals surface area contributed by atoms with Gasteiger partial charge in [0.1, 0.15) is 5.82 Å². The average molecular weight is 398 g/mol. The van der Waals surface area contributed by atoms with Gasteiger partial charge in [-0.05, 0) is 54.4 Å². The summed E-state index contributed by atoms with van der Waals surface area (Å²) in [5.74, 6) is -0.980. The molecule has 3 aromatic rings. The quantitative estimate of drug-likeness (QED) is 0.639.